The van der Waals surface area contributed by atoms with Gasteiger partial charge in [0, 0.05) is 17.2 Å². The highest BCUT2D eigenvalue weighted by molar-refractivity contribution is 5.64. The molecule has 0 aliphatic carbocycles. The van der Waals surface area contributed by atoms with Gasteiger partial charge in [-0.25, -0.2) is 0 Å². The third kappa shape index (κ3) is 2.64. The van der Waals surface area contributed by atoms with Gasteiger partial charge in [-0.3, -0.25) is 10.1 Å². The molecule has 0 saturated carbocycles. The quantitative estimate of drug-likeness (QED) is 0.670. The van der Waals surface area contributed by atoms with Crippen molar-refractivity contribution in [1.29, 1.82) is 0 Å². The molecule has 0 aliphatic rings. The van der Waals surface area contributed by atoms with Crippen molar-refractivity contribution in [2.24, 2.45) is 5.73 Å². The van der Waals surface area contributed by atoms with E-state index >= 15 is 0 Å². The number of nitrogens with two attached hydrogens (primary N) is 1. The number of rotatable bonds is 5. The zero-order valence-electron chi connectivity index (χ0n) is 12.3. The lowest BCUT2D eigenvalue weighted by Crippen LogP contribution is -2.36. The summed E-state index contributed by atoms with van der Waals surface area (Å²) in [6, 6.07) is 4.76. The Morgan fingerprint density at radius 3 is 2.62 bits per heavy atom. The van der Waals surface area contributed by atoms with E-state index < -0.39 is 10.5 Å². The molecule has 0 radical (unpaired) electrons. The maximum absolute atomic E-state index is 11.0. The molecule has 7 nitrogen and oxygen atoms in total. The summed E-state index contributed by atoms with van der Waals surface area (Å²) < 4.78 is 5.25. The van der Waals surface area contributed by atoms with Crippen LogP contribution in [0.25, 0.3) is 11.5 Å². The van der Waals surface area contributed by atoms with Gasteiger partial charge < -0.3 is 10.3 Å². The largest absolute Gasteiger partial charge is 0.334 e. The predicted octanol–water partition coefficient (Wildman–Crippen LogP) is 2.93. The molecule has 2 aromatic rings. The van der Waals surface area contributed by atoms with Crippen molar-refractivity contribution in [2.45, 2.75) is 39.2 Å². The topological polar surface area (TPSA) is 108 Å². The molecule has 21 heavy (non-hydrogen) atoms. The maximum Gasteiger partial charge on any atom is 0.273 e. The minimum atomic E-state index is -0.642. The summed E-state index contributed by atoms with van der Waals surface area (Å²) in [4.78, 5) is 14.9. The van der Waals surface area contributed by atoms with E-state index in [1.54, 1.807) is 19.1 Å². The first-order valence-electron chi connectivity index (χ1n) is 6.80. The maximum atomic E-state index is 11.0. The minimum Gasteiger partial charge on any atom is -0.334 e. The Morgan fingerprint density at radius 1 is 1.38 bits per heavy atom. The van der Waals surface area contributed by atoms with Crippen molar-refractivity contribution in [3.8, 4) is 11.5 Å². The van der Waals surface area contributed by atoms with Crippen LogP contribution < -0.4 is 5.73 Å². The summed E-state index contributed by atoms with van der Waals surface area (Å²) in [7, 11) is 0. The SMILES string of the molecule is CCC(N)(CC)c1noc(-c2cccc([N+](=O)[O-])c2C)n1. The molecule has 0 bridgehead atoms. The highest BCUT2D eigenvalue weighted by atomic mass is 16.6. The molecule has 2 N–H and O–H groups in total. The highest BCUT2D eigenvalue weighted by Gasteiger charge is 2.30. The van der Waals surface area contributed by atoms with E-state index in [9.17, 15) is 10.1 Å². The predicted molar refractivity (Wildman–Crippen MR) is 77.6 cm³/mol. The number of nitro groups is 1. The van der Waals surface area contributed by atoms with Crippen molar-refractivity contribution in [3.63, 3.8) is 0 Å². The molecule has 2 rings (SSSR count). The van der Waals surface area contributed by atoms with E-state index in [2.05, 4.69) is 10.1 Å². The summed E-state index contributed by atoms with van der Waals surface area (Å²) >= 11 is 0. The summed E-state index contributed by atoms with van der Waals surface area (Å²) in [5.74, 6) is 0.677. The molecule has 0 atom stereocenters. The van der Waals surface area contributed by atoms with E-state index in [1.807, 2.05) is 13.8 Å². The van der Waals surface area contributed by atoms with Crippen LogP contribution in [0.1, 0.15) is 38.1 Å². The van der Waals surface area contributed by atoms with Crippen LogP contribution in [0.15, 0.2) is 22.7 Å². The fraction of sp³-hybridized carbons (Fsp3) is 0.429. The average Bonchev–Trinajstić information content (AvgIpc) is 2.96. The normalized spacial score (nSPS) is 11.6. The van der Waals surface area contributed by atoms with Crippen LogP contribution in [0.5, 0.6) is 0 Å². The Hall–Kier alpha value is -2.28. The molecular formula is C14H18N4O3. The fourth-order valence-electron chi connectivity index (χ4n) is 2.15. The van der Waals surface area contributed by atoms with Gasteiger partial charge in [0.05, 0.1) is 10.5 Å². The van der Waals surface area contributed by atoms with Crippen LogP contribution in [0.3, 0.4) is 0 Å². The van der Waals surface area contributed by atoms with Crippen molar-refractivity contribution in [2.75, 3.05) is 0 Å². The molecule has 0 fully saturated rings. The van der Waals surface area contributed by atoms with E-state index in [0.29, 0.717) is 29.8 Å². The van der Waals surface area contributed by atoms with E-state index in [-0.39, 0.29) is 11.6 Å². The number of aromatic nitrogens is 2. The number of nitrogens with zero attached hydrogens (tertiary/aromatic N) is 3. The van der Waals surface area contributed by atoms with Crippen LogP contribution in [0.4, 0.5) is 5.69 Å². The van der Waals surface area contributed by atoms with Crippen LogP contribution in [-0.2, 0) is 5.54 Å². The second kappa shape index (κ2) is 5.61. The summed E-state index contributed by atoms with van der Waals surface area (Å²) in [5.41, 5.74) is 6.66. The Labute approximate surface area is 122 Å². The molecule has 1 aromatic carbocycles. The van der Waals surface area contributed by atoms with Crippen molar-refractivity contribution < 1.29 is 9.45 Å². The van der Waals surface area contributed by atoms with Crippen LogP contribution >= 0.6 is 0 Å². The van der Waals surface area contributed by atoms with E-state index in [1.165, 1.54) is 6.07 Å². The lowest BCUT2D eigenvalue weighted by atomic mass is 9.93. The van der Waals surface area contributed by atoms with Crippen molar-refractivity contribution in [3.05, 3.63) is 39.7 Å². The molecular weight excluding hydrogens is 272 g/mol. The van der Waals surface area contributed by atoms with Gasteiger partial charge in [0.2, 0.25) is 0 Å². The second-order valence-electron chi connectivity index (χ2n) is 4.99. The van der Waals surface area contributed by atoms with Gasteiger partial charge in [-0.1, -0.05) is 25.1 Å². The molecule has 7 heteroatoms. The average molecular weight is 290 g/mol. The van der Waals surface area contributed by atoms with Gasteiger partial charge in [0.1, 0.15) is 0 Å². The molecule has 1 heterocycles. The van der Waals surface area contributed by atoms with Crippen LogP contribution in [-0.4, -0.2) is 15.1 Å². The Bertz CT molecular complexity index is 662. The Morgan fingerprint density at radius 2 is 2.05 bits per heavy atom. The first-order chi connectivity index (χ1) is 9.92. The fourth-order valence-corrected chi connectivity index (χ4v) is 2.15. The highest BCUT2D eigenvalue weighted by Crippen LogP contribution is 2.31. The number of hydrogen-bond acceptors (Lipinski definition) is 6. The van der Waals surface area contributed by atoms with Gasteiger partial charge >= 0.3 is 0 Å². The van der Waals surface area contributed by atoms with Gasteiger partial charge in [0.15, 0.2) is 5.82 Å². The standard InChI is InChI=1S/C14H18N4O3/c1-4-14(15,5-2)13-16-12(21-17-13)10-7-6-8-11(9(10)3)18(19)20/h6-8H,4-5,15H2,1-3H3. The van der Waals surface area contributed by atoms with Gasteiger partial charge in [0.25, 0.3) is 11.6 Å². The lowest BCUT2D eigenvalue weighted by molar-refractivity contribution is -0.385. The first-order valence-corrected chi connectivity index (χ1v) is 6.80. The van der Waals surface area contributed by atoms with Crippen LogP contribution in [0, 0.1) is 17.0 Å². The molecule has 1 aromatic heterocycles. The molecule has 0 aliphatic heterocycles. The molecule has 0 saturated heterocycles. The van der Waals surface area contributed by atoms with Crippen LogP contribution in [0.2, 0.25) is 0 Å². The number of hydrogen-bond donors (Lipinski definition) is 1. The van der Waals surface area contributed by atoms with Gasteiger partial charge in [-0.2, -0.15) is 4.98 Å². The van der Waals surface area contributed by atoms with Gasteiger partial charge in [-0.15, -0.1) is 0 Å². The van der Waals surface area contributed by atoms with Gasteiger partial charge in [-0.05, 0) is 25.8 Å². The minimum absolute atomic E-state index is 0.0252. The lowest BCUT2D eigenvalue weighted by Gasteiger charge is -2.21. The summed E-state index contributed by atoms with van der Waals surface area (Å²) in [5, 5.41) is 14.9. The second-order valence-corrected chi connectivity index (χ2v) is 4.99. The van der Waals surface area contributed by atoms with E-state index in [0.717, 1.165) is 0 Å². The molecule has 0 amide bonds. The summed E-state index contributed by atoms with van der Waals surface area (Å²) in [6.07, 6.45) is 1.35. The third-order valence-corrected chi connectivity index (χ3v) is 3.87. The zero-order valence-corrected chi connectivity index (χ0v) is 12.3. The Kier molecular flexibility index (Phi) is 4.04. The van der Waals surface area contributed by atoms with E-state index in [4.69, 9.17) is 10.3 Å². The molecule has 0 spiro atoms. The first kappa shape index (κ1) is 15.1. The van der Waals surface area contributed by atoms with Crippen molar-refractivity contribution in [1.82, 2.24) is 10.1 Å². The number of nitro benzene ring substituents is 1. The third-order valence-electron chi connectivity index (χ3n) is 3.87. The monoisotopic (exact) mass is 290 g/mol. The van der Waals surface area contributed by atoms with Crippen molar-refractivity contribution >= 4 is 5.69 Å². The number of benzene rings is 1. The zero-order chi connectivity index (χ0) is 15.6. The Balaban J connectivity index is 2.48. The molecule has 0 unspecified atom stereocenters. The molecule has 112 valence electrons. The summed E-state index contributed by atoms with van der Waals surface area (Å²) in [6.45, 7) is 5.57. The smallest absolute Gasteiger partial charge is 0.273 e.